The lowest BCUT2D eigenvalue weighted by atomic mass is 10.3. The minimum atomic E-state index is 0.540. The molecule has 56 valence electrons. The predicted octanol–water partition coefficient (Wildman–Crippen LogP) is 2.06. The lowest BCUT2D eigenvalue weighted by Gasteiger charge is -1.95. The highest BCUT2D eigenvalue weighted by atomic mass is 15.3. The molecule has 0 aliphatic heterocycles. The summed E-state index contributed by atoms with van der Waals surface area (Å²) in [6.45, 7) is 2.90. The molecule has 0 radical (unpaired) electrons. The zero-order valence-electron chi connectivity index (χ0n) is 7.41. The highest BCUT2D eigenvalue weighted by Crippen LogP contribution is 2.11. The lowest BCUT2D eigenvalue weighted by Crippen LogP contribution is -1.94. The highest BCUT2D eigenvalue weighted by molar-refractivity contribution is 5.78. The van der Waals surface area contributed by atoms with Crippen LogP contribution in [0.2, 0.25) is 0 Å². The lowest BCUT2D eigenvalue weighted by molar-refractivity contribution is 0.684. The van der Waals surface area contributed by atoms with Crippen LogP contribution < -0.4 is 0 Å². The second-order valence-corrected chi connectivity index (χ2v) is 2.45. The third-order valence-electron chi connectivity index (χ3n) is 1.79. The van der Waals surface area contributed by atoms with Crippen molar-refractivity contribution in [2.45, 2.75) is 13.5 Å². The number of aromatic nitrogens is 2. The van der Waals surface area contributed by atoms with E-state index in [4.69, 9.17) is 1.37 Å². The Kier molecular flexibility index (Phi) is 1.16. The van der Waals surface area contributed by atoms with Gasteiger partial charge in [0, 0.05) is 11.9 Å². The van der Waals surface area contributed by atoms with Crippen LogP contribution in [-0.2, 0) is 6.54 Å². The van der Waals surface area contributed by atoms with Gasteiger partial charge in [0.2, 0.25) is 0 Å². The second-order valence-electron chi connectivity index (χ2n) is 2.45. The van der Waals surface area contributed by atoms with Crippen LogP contribution in [0.3, 0.4) is 0 Å². The van der Waals surface area contributed by atoms with E-state index < -0.39 is 0 Å². The molecule has 1 aromatic heterocycles. The summed E-state index contributed by atoms with van der Waals surface area (Å²) >= 11 is 0. The Morgan fingerprint density at radius 3 is 3.36 bits per heavy atom. The van der Waals surface area contributed by atoms with Crippen LogP contribution in [0.25, 0.3) is 10.9 Å². The Hall–Kier alpha value is -1.31. The predicted molar refractivity (Wildman–Crippen MR) is 45.4 cm³/mol. The zero-order valence-corrected chi connectivity index (χ0v) is 6.41. The molecule has 0 saturated carbocycles. The molecule has 2 aromatic rings. The normalized spacial score (nSPS) is 11.9. The molecular formula is C9H10N2. The summed E-state index contributed by atoms with van der Waals surface area (Å²) in [4.78, 5) is 0. The Balaban J connectivity index is 2.75. The quantitative estimate of drug-likeness (QED) is 0.603. The highest BCUT2D eigenvalue weighted by Gasteiger charge is 1.96. The van der Waals surface area contributed by atoms with E-state index in [1.807, 2.05) is 29.9 Å². The van der Waals surface area contributed by atoms with Crippen molar-refractivity contribution in [3.8, 4) is 0 Å². The van der Waals surface area contributed by atoms with Crippen LogP contribution in [0.4, 0.5) is 0 Å². The van der Waals surface area contributed by atoms with Crippen molar-refractivity contribution in [1.82, 2.24) is 9.78 Å². The van der Waals surface area contributed by atoms with Crippen LogP contribution in [-0.4, -0.2) is 9.78 Å². The monoisotopic (exact) mass is 147 g/mol. The van der Waals surface area contributed by atoms with Crippen LogP contribution in [0.1, 0.15) is 8.29 Å². The number of benzene rings is 1. The Morgan fingerprint density at radius 1 is 1.64 bits per heavy atom. The molecule has 0 fully saturated rings. The molecule has 0 aliphatic carbocycles. The van der Waals surface area contributed by atoms with Crippen molar-refractivity contribution in [3.05, 3.63) is 30.4 Å². The van der Waals surface area contributed by atoms with Gasteiger partial charge in [-0.05, 0) is 13.0 Å². The average Bonchev–Trinajstić information content (AvgIpc) is 2.46. The van der Waals surface area contributed by atoms with E-state index in [1.54, 1.807) is 6.07 Å². The molecule has 0 spiro atoms. The Morgan fingerprint density at radius 2 is 2.55 bits per heavy atom. The van der Waals surface area contributed by atoms with Gasteiger partial charge in [0.15, 0.2) is 0 Å². The van der Waals surface area contributed by atoms with Gasteiger partial charge in [-0.25, -0.2) is 0 Å². The van der Waals surface area contributed by atoms with Gasteiger partial charge in [-0.3, -0.25) is 4.68 Å². The Labute approximate surface area is 66.9 Å². The maximum Gasteiger partial charge on any atom is 0.0682 e. The third kappa shape index (κ3) is 0.909. The largest absolute Gasteiger partial charge is 0.265 e. The number of para-hydroxylation sites is 1. The summed E-state index contributed by atoms with van der Waals surface area (Å²) in [5.41, 5.74) is 1.05. The maximum absolute atomic E-state index is 7.45. The molecule has 0 amide bonds. The molecule has 1 aromatic carbocycles. The van der Waals surface area contributed by atoms with Crippen LogP contribution in [0, 0.1) is 0 Å². The van der Waals surface area contributed by atoms with Gasteiger partial charge in [-0.2, -0.15) is 5.10 Å². The van der Waals surface area contributed by atoms with Gasteiger partial charge in [0.25, 0.3) is 0 Å². The molecule has 1 heterocycles. The number of fused-ring (bicyclic) bond motifs is 1. The van der Waals surface area contributed by atoms with E-state index in [-0.39, 0.29) is 0 Å². The maximum atomic E-state index is 7.45. The molecule has 2 nitrogen and oxygen atoms in total. The summed E-state index contributed by atoms with van der Waals surface area (Å²) in [7, 11) is 0. The number of nitrogens with zero attached hydrogens (tertiary/aromatic N) is 2. The number of hydrogen-bond acceptors (Lipinski definition) is 1. The van der Waals surface area contributed by atoms with E-state index in [9.17, 15) is 0 Å². The van der Waals surface area contributed by atoms with E-state index in [0.717, 1.165) is 17.4 Å². The third-order valence-corrected chi connectivity index (χ3v) is 1.79. The molecule has 2 rings (SSSR count). The number of aryl methyl sites for hydroxylation is 1. The first-order chi connectivity index (χ1) is 5.81. The summed E-state index contributed by atoms with van der Waals surface area (Å²) in [6, 6.07) is 6.09. The summed E-state index contributed by atoms with van der Waals surface area (Å²) < 4.78 is 9.34. The second kappa shape index (κ2) is 2.38. The fraction of sp³-hybridized carbons (Fsp3) is 0.222. The van der Waals surface area contributed by atoms with E-state index in [1.165, 1.54) is 0 Å². The summed E-state index contributed by atoms with van der Waals surface area (Å²) in [5.74, 6) is 0. The van der Waals surface area contributed by atoms with Crippen molar-refractivity contribution in [2.75, 3.05) is 0 Å². The van der Waals surface area contributed by atoms with Crippen molar-refractivity contribution in [3.63, 3.8) is 0 Å². The van der Waals surface area contributed by atoms with Gasteiger partial charge in [-0.1, -0.05) is 18.2 Å². The van der Waals surface area contributed by atoms with Crippen LogP contribution >= 0.6 is 0 Å². The molecule has 11 heavy (non-hydrogen) atoms. The first-order valence-corrected chi connectivity index (χ1v) is 3.73. The SMILES string of the molecule is [2H]c1ccc2cnn(CC)c2c1. The van der Waals surface area contributed by atoms with Crippen molar-refractivity contribution in [1.29, 1.82) is 0 Å². The van der Waals surface area contributed by atoms with Gasteiger partial charge in [0.05, 0.1) is 13.1 Å². The van der Waals surface area contributed by atoms with Gasteiger partial charge < -0.3 is 0 Å². The number of hydrogen-bond donors (Lipinski definition) is 0. The van der Waals surface area contributed by atoms with Gasteiger partial charge >= 0.3 is 0 Å². The zero-order chi connectivity index (χ0) is 8.55. The standard InChI is InChI=1S/C9H10N2/c1-2-11-9-6-4-3-5-8(9)7-10-11/h3-7H,2H2,1H3/i4D. The summed E-state index contributed by atoms with van der Waals surface area (Å²) in [5, 5.41) is 5.29. The minimum absolute atomic E-state index is 0.540. The molecule has 0 atom stereocenters. The van der Waals surface area contributed by atoms with Gasteiger partial charge in [0.1, 0.15) is 0 Å². The van der Waals surface area contributed by atoms with Gasteiger partial charge in [-0.15, -0.1) is 0 Å². The average molecular weight is 147 g/mol. The molecule has 0 bridgehead atoms. The first-order valence-electron chi connectivity index (χ1n) is 4.23. The summed E-state index contributed by atoms with van der Waals surface area (Å²) in [6.07, 6.45) is 1.83. The topological polar surface area (TPSA) is 17.8 Å². The molecule has 0 aliphatic rings. The first kappa shape index (κ1) is 5.35. The van der Waals surface area contributed by atoms with E-state index >= 15 is 0 Å². The Bertz CT molecular complexity index is 406. The van der Waals surface area contributed by atoms with Crippen molar-refractivity contribution >= 4 is 10.9 Å². The fourth-order valence-electron chi connectivity index (χ4n) is 1.21. The fourth-order valence-corrected chi connectivity index (χ4v) is 1.21. The molecule has 2 heteroatoms. The molecular weight excluding hydrogens is 136 g/mol. The van der Waals surface area contributed by atoms with Crippen LogP contribution in [0.5, 0.6) is 0 Å². The molecule has 0 unspecified atom stereocenters. The molecule has 0 N–H and O–H groups in total. The minimum Gasteiger partial charge on any atom is -0.265 e. The van der Waals surface area contributed by atoms with Crippen molar-refractivity contribution in [2.24, 2.45) is 0 Å². The van der Waals surface area contributed by atoms with Crippen molar-refractivity contribution < 1.29 is 1.37 Å². The smallest absolute Gasteiger partial charge is 0.0682 e. The van der Waals surface area contributed by atoms with Crippen LogP contribution in [0.15, 0.2) is 30.4 Å². The number of rotatable bonds is 1. The van der Waals surface area contributed by atoms with E-state index in [2.05, 4.69) is 5.10 Å². The van der Waals surface area contributed by atoms with E-state index in [0.29, 0.717) is 6.04 Å². The molecule has 0 saturated heterocycles.